The van der Waals surface area contributed by atoms with Crippen LogP contribution in [0.15, 0.2) is 18.2 Å². The standard InChI is InChI=1S/C14H18O4/c1-10(15)12-4-3-5-13(16-2)14(12)18-11-6-8-17-9-7-11/h3-5,11H,6-9H2,1-2H3. The molecule has 0 spiro atoms. The number of ether oxygens (including phenoxy) is 3. The maximum Gasteiger partial charge on any atom is 0.172 e. The molecular weight excluding hydrogens is 232 g/mol. The summed E-state index contributed by atoms with van der Waals surface area (Å²) in [7, 11) is 1.58. The molecule has 0 aromatic heterocycles. The van der Waals surface area contributed by atoms with Crippen LogP contribution < -0.4 is 9.47 Å². The summed E-state index contributed by atoms with van der Waals surface area (Å²) in [4.78, 5) is 11.6. The van der Waals surface area contributed by atoms with Gasteiger partial charge in [-0.15, -0.1) is 0 Å². The Bertz CT molecular complexity index is 422. The maximum atomic E-state index is 11.6. The third kappa shape index (κ3) is 2.82. The third-order valence-electron chi connectivity index (χ3n) is 3.03. The van der Waals surface area contributed by atoms with Gasteiger partial charge in [-0.3, -0.25) is 4.79 Å². The van der Waals surface area contributed by atoms with Crippen molar-refractivity contribution in [2.75, 3.05) is 20.3 Å². The fraction of sp³-hybridized carbons (Fsp3) is 0.500. The second kappa shape index (κ2) is 5.87. The molecule has 1 fully saturated rings. The Labute approximate surface area is 107 Å². The molecule has 1 aliphatic rings. The molecule has 0 N–H and O–H groups in total. The molecule has 4 heteroatoms. The van der Waals surface area contributed by atoms with Crippen LogP contribution in [0, 0.1) is 0 Å². The summed E-state index contributed by atoms with van der Waals surface area (Å²) in [6.07, 6.45) is 1.78. The van der Waals surface area contributed by atoms with E-state index in [2.05, 4.69) is 0 Å². The number of rotatable bonds is 4. The zero-order chi connectivity index (χ0) is 13.0. The van der Waals surface area contributed by atoms with Crippen molar-refractivity contribution in [3.05, 3.63) is 23.8 Å². The normalized spacial score (nSPS) is 16.3. The summed E-state index contributed by atoms with van der Waals surface area (Å²) in [5.41, 5.74) is 0.570. The van der Waals surface area contributed by atoms with Crippen molar-refractivity contribution in [1.82, 2.24) is 0 Å². The van der Waals surface area contributed by atoms with E-state index in [1.165, 1.54) is 6.92 Å². The second-order valence-electron chi connectivity index (χ2n) is 4.32. The highest BCUT2D eigenvalue weighted by Crippen LogP contribution is 2.33. The molecule has 1 heterocycles. The molecule has 0 aliphatic carbocycles. The van der Waals surface area contributed by atoms with Crippen LogP contribution >= 0.6 is 0 Å². The molecule has 2 rings (SSSR count). The zero-order valence-corrected chi connectivity index (χ0v) is 10.8. The first kappa shape index (κ1) is 12.9. The number of carbonyl (C=O) groups is 1. The lowest BCUT2D eigenvalue weighted by atomic mass is 10.1. The van der Waals surface area contributed by atoms with Crippen LogP contribution in [-0.2, 0) is 4.74 Å². The van der Waals surface area contributed by atoms with Gasteiger partial charge in [0.05, 0.1) is 25.9 Å². The summed E-state index contributed by atoms with van der Waals surface area (Å²) >= 11 is 0. The molecule has 0 bridgehead atoms. The first-order valence-corrected chi connectivity index (χ1v) is 6.14. The fourth-order valence-corrected chi connectivity index (χ4v) is 2.04. The average molecular weight is 250 g/mol. The van der Waals surface area contributed by atoms with Gasteiger partial charge in [-0.1, -0.05) is 6.07 Å². The summed E-state index contributed by atoms with van der Waals surface area (Å²) in [6.45, 7) is 2.94. The Morgan fingerprint density at radius 2 is 2.06 bits per heavy atom. The molecule has 4 nitrogen and oxygen atoms in total. The van der Waals surface area contributed by atoms with E-state index in [0.717, 1.165) is 12.8 Å². The lowest BCUT2D eigenvalue weighted by Gasteiger charge is -2.25. The van der Waals surface area contributed by atoms with Crippen LogP contribution in [0.1, 0.15) is 30.1 Å². The quantitative estimate of drug-likeness (QED) is 0.770. The number of hydrogen-bond acceptors (Lipinski definition) is 4. The van der Waals surface area contributed by atoms with E-state index in [1.807, 2.05) is 0 Å². The number of Topliss-reactive ketones (excluding diaryl/α,β-unsaturated/α-hetero) is 1. The Hall–Kier alpha value is -1.55. The van der Waals surface area contributed by atoms with Crippen molar-refractivity contribution in [2.45, 2.75) is 25.9 Å². The molecule has 1 saturated heterocycles. The van der Waals surface area contributed by atoms with Crippen LogP contribution in [0.3, 0.4) is 0 Å². The summed E-state index contributed by atoms with van der Waals surface area (Å²) < 4.78 is 16.5. The highest BCUT2D eigenvalue weighted by Gasteiger charge is 2.20. The van der Waals surface area contributed by atoms with Crippen LogP contribution in [-0.4, -0.2) is 32.2 Å². The lowest BCUT2D eigenvalue weighted by Crippen LogP contribution is -2.26. The van der Waals surface area contributed by atoms with Gasteiger partial charge >= 0.3 is 0 Å². The number of hydrogen-bond donors (Lipinski definition) is 0. The third-order valence-corrected chi connectivity index (χ3v) is 3.03. The highest BCUT2D eigenvalue weighted by atomic mass is 16.5. The van der Waals surface area contributed by atoms with E-state index < -0.39 is 0 Å². The molecule has 0 amide bonds. The van der Waals surface area contributed by atoms with Crippen molar-refractivity contribution in [3.63, 3.8) is 0 Å². The van der Waals surface area contributed by atoms with Crippen molar-refractivity contribution >= 4 is 5.78 Å². The van der Waals surface area contributed by atoms with Crippen molar-refractivity contribution in [1.29, 1.82) is 0 Å². The second-order valence-corrected chi connectivity index (χ2v) is 4.32. The van der Waals surface area contributed by atoms with Crippen LogP contribution in [0.5, 0.6) is 11.5 Å². The molecular formula is C14H18O4. The Balaban J connectivity index is 2.25. The summed E-state index contributed by atoms with van der Waals surface area (Å²) in [5.74, 6) is 1.14. The van der Waals surface area contributed by atoms with Gasteiger partial charge in [-0.25, -0.2) is 0 Å². The summed E-state index contributed by atoms with van der Waals surface area (Å²) in [6, 6.07) is 5.37. The van der Waals surface area contributed by atoms with Crippen molar-refractivity contribution in [2.24, 2.45) is 0 Å². The van der Waals surface area contributed by atoms with Crippen LogP contribution in [0.2, 0.25) is 0 Å². The van der Waals surface area contributed by atoms with Gasteiger partial charge < -0.3 is 14.2 Å². The predicted molar refractivity (Wildman–Crippen MR) is 67.5 cm³/mol. The minimum absolute atomic E-state index is 0.0176. The summed E-state index contributed by atoms with van der Waals surface area (Å²) in [5, 5.41) is 0. The van der Waals surface area contributed by atoms with E-state index in [4.69, 9.17) is 14.2 Å². The smallest absolute Gasteiger partial charge is 0.172 e. The number of para-hydroxylation sites is 1. The number of methoxy groups -OCH3 is 1. The van der Waals surface area contributed by atoms with E-state index in [0.29, 0.717) is 30.3 Å². The SMILES string of the molecule is COc1cccc(C(C)=O)c1OC1CCOCC1. The average Bonchev–Trinajstić information content (AvgIpc) is 2.40. The highest BCUT2D eigenvalue weighted by molar-refractivity contribution is 5.97. The minimum atomic E-state index is -0.0176. The zero-order valence-electron chi connectivity index (χ0n) is 10.8. The molecule has 0 unspecified atom stereocenters. The Morgan fingerprint density at radius 3 is 2.67 bits per heavy atom. The topological polar surface area (TPSA) is 44.8 Å². The van der Waals surface area contributed by atoms with Gasteiger partial charge in [0.25, 0.3) is 0 Å². The van der Waals surface area contributed by atoms with Crippen molar-refractivity contribution in [3.8, 4) is 11.5 Å². The first-order valence-electron chi connectivity index (χ1n) is 6.14. The molecule has 0 radical (unpaired) electrons. The van der Waals surface area contributed by atoms with Gasteiger partial charge in [0, 0.05) is 12.8 Å². The number of ketones is 1. The van der Waals surface area contributed by atoms with Crippen molar-refractivity contribution < 1.29 is 19.0 Å². The van der Waals surface area contributed by atoms with E-state index in [-0.39, 0.29) is 11.9 Å². The monoisotopic (exact) mass is 250 g/mol. The molecule has 98 valence electrons. The largest absolute Gasteiger partial charge is 0.493 e. The van der Waals surface area contributed by atoms with Crippen LogP contribution in [0.25, 0.3) is 0 Å². The predicted octanol–water partition coefficient (Wildman–Crippen LogP) is 2.46. The number of carbonyl (C=O) groups excluding carboxylic acids is 1. The van der Waals surface area contributed by atoms with Gasteiger partial charge in [-0.2, -0.15) is 0 Å². The Morgan fingerprint density at radius 1 is 1.33 bits per heavy atom. The Kier molecular flexibility index (Phi) is 4.20. The van der Waals surface area contributed by atoms with Crippen LogP contribution in [0.4, 0.5) is 0 Å². The molecule has 0 atom stereocenters. The molecule has 1 aromatic carbocycles. The fourth-order valence-electron chi connectivity index (χ4n) is 2.04. The number of benzene rings is 1. The van der Waals surface area contributed by atoms with E-state index in [1.54, 1.807) is 25.3 Å². The molecule has 18 heavy (non-hydrogen) atoms. The molecule has 1 aliphatic heterocycles. The lowest BCUT2D eigenvalue weighted by molar-refractivity contribution is 0.0242. The first-order chi connectivity index (χ1) is 8.72. The van der Waals surface area contributed by atoms with Gasteiger partial charge in [0.15, 0.2) is 17.3 Å². The molecule has 1 aromatic rings. The maximum absolute atomic E-state index is 11.6. The van der Waals surface area contributed by atoms with Gasteiger partial charge in [0.2, 0.25) is 0 Å². The molecule has 0 saturated carbocycles. The van der Waals surface area contributed by atoms with E-state index >= 15 is 0 Å². The van der Waals surface area contributed by atoms with Gasteiger partial charge in [0.1, 0.15) is 6.10 Å². The van der Waals surface area contributed by atoms with Gasteiger partial charge in [-0.05, 0) is 19.1 Å². The minimum Gasteiger partial charge on any atom is -0.493 e. The van der Waals surface area contributed by atoms with E-state index in [9.17, 15) is 4.79 Å².